The van der Waals surface area contributed by atoms with Gasteiger partial charge in [-0.25, -0.2) is 13.6 Å². The number of hydrogen-bond donors (Lipinski definition) is 0. The zero-order valence-corrected chi connectivity index (χ0v) is 12.0. The number of halogens is 2. The van der Waals surface area contributed by atoms with Gasteiger partial charge in [0.15, 0.2) is 6.10 Å². The van der Waals surface area contributed by atoms with Gasteiger partial charge in [0.2, 0.25) is 0 Å². The molecule has 1 aliphatic heterocycles. The standard InChI is InChI=1S/C15H16F2O5/c1-10(18)22-12-7-15(16,17)13(20-8-12)9-21-14(19)11-5-3-2-4-6-11/h2-6,12-13H,7-9H2,1H3. The Hall–Kier alpha value is -2.02. The molecule has 0 saturated carbocycles. The average Bonchev–Trinajstić information content (AvgIpc) is 2.45. The van der Waals surface area contributed by atoms with Crippen LogP contribution in [0.4, 0.5) is 8.78 Å². The van der Waals surface area contributed by atoms with Gasteiger partial charge in [-0.2, -0.15) is 0 Å². The summed E-state index contributed by atoms with van der Waals surface area (Å²) in [6.07, 6.45) is -3.19. The van der Waals surface area contributed by atoms with Crippen LogP contribution in [0, 0.1) is 0 Å². The average molecular weight is 314 g/mol. The van der Waals surface area contributed by atoms with Crippen LogP contribution in [0.2, 0.25) is 0 Å². The van der Waals surface area contributed by atoms with E-state index in [-0.39, 0.29) is 12.2 Å². The minimum absolute atomic E-state index is 0.150. The molecule has 1 heterocycles. The Bertz CT molecular complexity index is 532. The van der Waals surface area contributed by atoms with Crippen molar-refractivity contribution in [3.05, 3.63) is 35.9 Å². The van der Waals surface area contributed by atoms with E-state index in [4.69, 9.17) is 14.2 Å². The Morgan fingerprint density at radius 2 is 2.00 bits per heavy atom. The molecule has 120 valence electrons. The fourth-order valence-electron chi connectivity index (χ4n) is 2.13. The number of carbonyl (C=O) groups excluding carboxylic acids is 2. The second kappa shape index (κ2) is 6.83. The molecular formula is C15H16F2O5. The Morgan fingerprint density at radius 1 is 1.32 bits per heavy atom. The maximum absolute atomic E-state index is 13.9. The number of ether oxygens (including phenoxy) is 3. The summed E-state index contributed by atoms with van der Waals surface area (Å²) in [5.41, 5.74) is 0.277. The van der Waals surface area contributed by atoms with Crippen LogP contribution in [-0.4, -0.2) is 43.3 Å². The zero-order valence-electron chi connectivity index (χ0n) is 12.0. The van der Waals surface area contributed by atoms with Crippen molar-refractivity contribution >= 4 is 11.9 Å². The summed E-state index contributed by atoms with van der Waals surface area (Å²) in [7, 11) is 0. The van der Waals surface area contributed by atoms with E-state index in [1.165, 1.54) is 12.1 Å². The van der Waals surface area contributed by atoms with Crippen LogP contribution in [0.5, 0.6) is 0 Å². The van der Waals surface area contributed by atoms with E-state index < -0.39 is 43.1 Å². The molecule has 0 amide bonds. The minimum atomic E-state index is -3.24. The predicted molar refractivity (Wildman–Crippen MR) is 71.6 cm³/mol. The Labute approximate surface area is 126 Å². The lowest BCUT2D eigenvalue weighted by atomic mass is 10.0. The molecule has 1 fully saturated rings. The van der Waals surface area contributed by atoms with Gasteiger partial charge in [0.1, 0.15) is 12.7 Å². The topological polar surface area (TPSA) is 61.8 Å². The van der Waals surface area contributed by atoms with Crippen LogP contribution < -0.4 is 0 Å². The van der Waals surface area contributed by atoms with E-state index in [1.54, 1.807) is 18.2 Å². The fourth-order valence-corrected chi connectivity index (χ4v) is 2.13. The highest BCUT2D eigenvalue weighted by molar-refractivity contribution is 5.89. The van der Waals surface area contributed by atoms with Crippen LogP contribution in [0.15, 0.2) is 30.3 Å². The SMILES string of the molecule is CC(=O)OC1COC(COC(=O)c2ccccc2)C(F)(F)C1. The van der Waals surface area contributed by atoms with E-state index in [9.17, 15) is 18.4 Å². The molecule has 0 bridgehead atoms. The van der Waals surface area contributed by atoms with Crippen molar-refractivity contribution in [2.45, 2.75) is 31.5 Å². The lowest BCUT2D eigenvalue weighted by Gasteiger charge is -2.35. The van der Waals surface area contributed by atoms with Crippen molar-refractivity contribution in [1.82, 2.24) is 0 Å². The number of rotatable bonds is 4. The second-order valence-corrected chi connectivity index (χ2v) is 4.98. The molecule has 5 nitrogen and oxygen atoms in total. The maximum atomic E-state index is 13.9. The van der Waals surface area contributed by atoms with E-state index in [0.29, 0.717) is 0 Å². The molecule has 22 heavy (non-hydrogen) atoms. The lowest BCUT2D eigenvalue weighted by molar-refractivity contribution is -0.221. The Morgan fingerprint density at radius 3 is 2.59 bits per heavy atom. The summed E-state index contributed by atoms with van der Waals surface area (Å²) in [5, 5.41) is 0. The normalized spacial score (nSPS) is 23.6. The van der Waals surface area contributed by atoms with E-state index in [0.717, 1.165) is 6.92 Å². The molecule has 1 aromatic carbocycles. The van der Waals surface area contributed by atoms with Crippen molar-refractivity contribution in [3.63, 3.8) is 0 Å². The fraction of sp³-hybridized carbons (Fsp3) is 0.467. The van der Waals surface area contributed by atoms with Crippen molar-refractivity contribution in [2.24, 2.45) is 0 Å². The van der Waals surface area contributed by atoms with Crippen molar-refractivity contribution in [2.75, 3.05) is 13.2 Å². The molecule has 0 spiro atoms. The quantitative estimate of drug-likeness (QED) is 0.797. The maximum Gasteiger partial charge on any atom is 0.338 e. The van der Waals surface area contributed by atoms with Crippen molar-refractivity contribution in [3.8, 4) is 0 Å². The molecule has 1 aliphatic rings. The highest BCUT2D eigenvalue weighted by Crippen LogP contribution is 2.33. The van der Waals surface area contributed by atoms with Gasteiger partial charge in [-0.05, 0) is 12.1 Å². The molecule has 0 N–H and O–H groups in total. The lowest BCUT2D eigenvalue weighted by Crippen LogP contribution is -2.49. The highest BCUT2D eigenvalue weighted by atomic mass is 19.3. The van der Waals surface area contributed by atoms with Gasteiger partial charge in [-0.15, -0.1) is 0 Å². The Kier molecular flexibility index (Phi) is 5.07. The summed E-state index contributed by atoms with van der Waals surface area (Å²) in [5.74, 6) is -4.57. The third-order valence-electron chi connectivity index (χ3n) is 3.16. The zero-order chi connectivity index (χ0) is 16.2. The molecule has 2 atom stereocenters. The third-order valence-corrected chi connectivity index (χ3v) is 3.16. The first-order valence-electron chi connectivity index (χ1n) is 6.77. The van der Waals surface area contributed by atoms with Gasteiger partial charge < -0.3 is 14.2 Å². The first kappa shape index (κ1) is 16.4. The molecule has 0 aromatic heterocycles. The van der Waals surface area contributed by atoms with Gasteiger partial charge in [0.25, 0.3) is 5.92 Å². The molecule has 1 aromatic rings. The molecule has 7 heteroatoms. The van der Waals surface area contributed by atoms with Crippen LogP contribution in [0.1, 0.15) is 23.7 Å². The van der Waals surface area contributed by atoms with Crippen molar-refractivity contribution in [1.29, 1.82) is 0 Å². The molecule has 1 saturated heterocycles. The van der Waals surface area contributed by atoms with Crippen LogP contribution in [0.25, 0.3) is 0 Å². The van der Waals surface area contributed by atoms with E-state index in [1.807, 2.05) is 0 Å². The third kappa shape index (κ3) is 4.24. The molecule has 0 radical (unpaired) electrons. The van der Waals surface area contributed by atoms with Gasteiger partial charge >= 0.3 is 11.9 Å². The molecular weight excluding hydrogens is 298 g/mol. The predicted octanol–water partition coefficient (Wildman–Crippen LogP) is 2.20. The van der Waals surface area contributed by atoms with Gasteiger partial charge in [-0.1, -0.05) is 18.2 Å². The van der Waals surface area contributed by atoms with E-state index in [2.05, 4.69) is 0 Å². The molecule has 0 aliphatic carbocycles. The second-order valence-electron chi connectivity index (χ2n) is 4.98. The number of carbonyl (C=O) groups is 2. The summed E-state index contributed by atoms with van der Waals surface area (Å²) >= 11 is 0. The van der Waals surface area contributed by atoms with Gasteiger partial charge in [0, 0.05) is 6.92 Å². The minimum Gasteiger partial charge on any atom is -0.460 e. The molecule has 2 unspecified atom stereocenters. The number of benzene rings is 1. The van der Waals surface area contributed by atoms with Crippen LogP contribution in [-0.2, 0) is 19.0 Å². The summed E-state index contributed by atoms with van der Waals surface area (Å²) in [6.45, 7) is 0.433. The first-order valence-corrected chi connectivity index (χ1v) is 6.77. The number of hydrogen-bond acceptors (Lipinski definition) is 5. The first-order chi connectivity index (χ1) is 10.4. The summed E-state index contributed by atoms with van der Waals surface area (Å²) in [4.78, 5) is 22.5. The van der Waals surface area contributed by atoms with Gasteiger partial charge in [0.05, 0.1) is 18.6 Å². The van der Waals surface area contributed by atoms with E-state index >= 15 is 0 Å². The van der Waals surface area contributed by atoms with Crippen molar-refractivity contribution < 1.29 is 32.6 Å². The number of alkyl halides is 2. The summed E-state index contributed by atoms with van der Waals surface area (Å²) in [6, 6.07) is 8.07. The van der Waals surface area contributed by atoms with Gasteiger partial charge in [-0.3, -0.25) is 4.79 Å². The largest absolute Gasteiger partial charge is 0.460 e. The Balaban J connectivity index is 1.88. The summed E-state index contributed by atoms with van der Waals surface area (Å²) < 4.78 is 42.4. The van der Waals surface area contributed by atoms with Crippen LogP contribution >= 0.6 is 0 Å². The monoisotopic (exact) mass is 314 g/mol. The molecule has 2 rings (SSSR count). The van der Waals surface area contributed by atoms with Crippen LogP contribution in [0.3, 0.4) is 0 Å². The smallest absolute Gasteiger partial charge is 0.338 e. The number of esters is 2. The highest BCUT2D eigenvalue weighted by Gasteiger charge is 2.48.